The standard InChI is InChI=1S/C15H14F2N2O2/c16-13-8-4-7-12(14(13)17)15(20)19-21-10-9-18-11-5-2-1-3-6-11/h1-8,18H,9-10H2,(H,19,20). The smallest absolute Gasteiger partial charge is 0.277 e. The molecular formula is C15H14F2N2O2. The number of rotatable bonds is 6. The van der Waals surface area contributed by atoms with Gasteiger partial charge in [-0.05, 0) is 24.3 Å². The van der Waals surface area contributed by atoms with E-state index in [2.05, 4.69) is 10.8 Å². The van der Waals surface area contributed by atoms with Crippen LogP contribution in [-0.2, 0) is 4.84 Å². The van der Waals surface area contributed by atoms with Crippen molar-refractivity contribution in [2.24, 2.45) is 0 Å². The highest BCUT2D eigenvalue weighted by atomic mass is 19.2. The monoisotopic (exact) mass is 292 g/mol. The van der Waals surface area contributed by atoms with Crippen LogP contribution in [0.3, 0.4) is 0 Å². The second-order valence-corrected chi connectivity index (χ2v) is 4.17. The molecule has 0 heterocycles. The van der Waals surface area contributed by atoms with Crippen molar-refractivity contribution < 1.29 is 18.4 Å². The number of hydroxylamine groups is 1. The van der Waals surface area contributed by atoms with Gasteiger partial charge in [0.15, 0.2) is 11.6 Å². The molecule has 0 spiro atoms. The summed E-state index contributed by atoms with van der Waals surface area (Å²) in [4.78, 5) is 16.5. The molecule has 21 heavy (non-hydrogen) atoms. The Hall–Kier alpha value is -2.47. The molecule has 2 N–H and O–H groups in total. The van der Waals surface area contributed by atoms with Crippen LogP contribution < -0.4 is 10.8 Å². The summed E-state index contributed by atoms with van der Waals surface area (Å²) in [5.41, 5.74) is 2.59. The van der Waals surface area contributed by atoms with Gasteiger partial charge in [-0.2, -0.15) is 0 Å². The molecule has 0 radical (unpaired) electrons. The SMILES string of the molecule is O=C(NOCCNc1ccccc1)c1cccc(F)c1F. The normalized spacial score (nSPS) is 10.2. The van der Waals surface area contributed by atoms with E-state index in [0.29, 0.717) is 6.54 Å². The van der Waals surface area contributed by atoms with Crippen molar-refractivity contribution in [3.05, 3.63) is 65.7 Å². The molecular weight excluding hydrogens is 278 g/mol. The van der Waals surface area contributed by atoms with E-state index < -0.39 is 23.1 Å². The van der Waals surface area contributed by atoms with Gasteiger partial charge in [-0.15, -0.1) is 0 Å². The Labute approximate surface area is 120 Å². The molecule has 0 fully saturated rings. The lowest BCUT2D eigenvalue weighted by Gasteiger charge is -2.08. The van der Waals surface area contributed by atoms with Crippen LogP contribution in [0.4, 0.5) is 14.5 Å². The van der Waals surface area contributed by atoms with Gasteiger partial charge in [0.1, 0.15) is 0 Å². The van der Waals surface area contributed by atoms with Crippen molar-refractivity contribution in [1.82, 2.24) is 5.48 Å². The summed E-state index contributed by atoms with van der Waals surface area (Å²) in [6.07, 6.45) is 0. The fraction of sp³-hybridized carbons (Fsp3) is 0.133. The summed E-state index contributed by atoms with van der Waals surface area (Å²) in [5.74, 6) is -3.10. The largest absolute Gasteiger partial charge is 0.383 e. The Balaban J connectivity index is 1.73. The molecule has 2 rings (SSSR count). The van der Waals surface area contributed by atoms with E-state index in [-0.39, 0.29) is 6.61 Å². The topological polar surface area (TPSA) is 50.4 Å². The van der Waals surface area contributed by atoms with Gasteiger partial charge in [-0.1, -0.05) is 24.3 Å². The van der Waals surface area contributed by atoms with Gasteiger partial charge in [0.25, 0.3) is 5.91 Å². The summed E-state index contributed by atoms with van der Waals surface area (Å²) in [7, 11) is 0. The van der Waals surface area contributed by atoms with E-state index >= 15 is 0 Å². The lowest BCUT2D eigenvalue weighted by Crippen LogP contribution is -2.27. The van der Waals surface area contributed by atoms with Crippen molar-refractivity contribution in [3.63, 3.8) is 0 Å². The quantitative estimate of drug-likeness (QED) is 0.636. The highest BCUT2D eigenvalue weighted by Gasteiger charge is 2.14. The van der Waals surface area contributed by atoms with Crippen LogP contribution >= 0.6 is 0 Å². The van der Waals surface area contributed by atoms with Crippen molar-refractivity contribution in [1.29, 1.82) is 0 Å². The predicted molar refractivity (Wildman–Crippen MR) is 74.7 cm³/mol. The molecule has 2 aromatic rings. The Morgan fingerprint density at radius 1 is 1.05 bits per heavy atom. The zero-order valence-corrected chi connectivity index (χ0v) is 11.1. The minimum absolute atomic E-state index is 0.178. The second-order valence-electron chi connectivity index (χ2n) is 4.17. The first-order chi connectivity index (χ1) is 10.2. The predicted octanol–water partition coefficient (Wildman–Crippen LogP) is 2.74. The maximum atomic E-state index is 13.3. The third-order valence-corrected chi connectivity index (χ3v) is 2.67. The molecule has 0 bridgehead atoms. The lowest BCUT2D eigenvalue weighted by atomic mass is 10.2. The minimum Gasteiger partial charge on any atom is -0.383 e. The molecule has 0 aliphatic heterocycles. The first-order valence-electron chi connectivity index (χ1n) is 6.33. The lowest BCUT2D eigenvalue weighted by molar-refractivity contribution is 0.0348. The van der Waals surface area contributed by atoms with Gasteiger partial charge in [0.05, 0.1) is 12.2 Å². The highest BCUT2D eigenvalue weighted by Crippen LogP contribution is 2.10. The fourth-order valence-corrected chi connectivity index (χ4v) is 1.65. The highest BCUT2D eigenvalue weighted by molar-refractivity contribution is 5.93. The Kier molecular flexibility index (Phi) is 5.22. The Morgan fingerprint density at radius 2 is 1.81 bits per heavy atom. The minimum atomic E-state index is -1.19. The molecule has 0 aliphatic rings. The molecule has 0 saturated heterocycles. The van der Waals surface area contributed by atoms with Crippen LogP contribution in [0.1, 0.15) is 10.4 Å². The number of halogens is 2. The number of anilines is 1. The van der Waals surface area contributed by atoms with Crippen molar-refractivity contribution >= 4 is 11.6 Å². The second kappa shape index (κ2) is 7.35. The third kappa shape index (κ3) is 4.25. The summed E-state index contributed by atoms with van der Waals surface area (Å²) in [6.45, 7) is 0.632. The molecule has 0 unspecified atom stereocenters. The van der Waals surface area contributed by atoms with E-state index in [9.17, 15) is 13.6 Å². The maximum absolute atomic E-state index is 13.3. The van der Waals surface area contributed by atoms with Crippen LogP contribution in [0.2, 0.25) is 0 Å². The van der Waals surface area contributed by atoms with Crippen molar-refractivity contribution in [2.45, 2.75) is 0 Å². The summed E-state index contributed by atoms with van der Waals surface area (Å²) >= 11 is 0. The van der Waals surface area contributed by atoms with Crippen molar-refractivity contribution in [3.8, 4) is 0 Å². The molecule has 0 atom stereocenters. The fourth-order valence-electron chi connectivity index (χ4n) is 1.65. The van der Waals surface area contributed by atoms with Crippen LogP contribution in [-0.4, -0.2) is 19.1 Å². The summed E-state index contributed by atoms with van der Waals surface area (Å²) in [6, 6.07) is 12.8. The van der Waals surface area contributed by atoms with E-state index in [1.54, 1.807) is 0 Å². The zero-order chi connectivity index (χ0) is 15.1. The number of carbonyl (C=O) groups is 1. The molecule has 0 aromatic heterocycles. The number of amides is 1. The van der Waals surface area contributed by atoms with Gasteiger partial charge in [0.2, 0.25) is 0 Å². The number of carbonyl (C=O) groups excluding carboxylic acids is 1. The van der Waals surface area contributed by atoms with Gasteiger partial charge in [0, 0.05) is 12.2 Å². The van der Waals surface area contributed by atoms with E-state index in [1.807, 2.05) is 30.3 Å². The average molecular weight is 292 g/mol. The average Bonchev–Trinajstić information content (AvgIpc) is 2.50. The van der Waals surface area contributed by atoms with Gasteiger partial charge in [-0.3, -0.25) is 9.63 Å². The Morgan fingerprint density at radius 3 is 2.57 bits per heavy atom. The maximum Gasteiger partial charge on any atom is 0.277 e. The van der Waals surface area contributed by atoms with E-state index in [0.717, 1.165) is 11.8 Å². The summed E-state index contributed by atoms with van der Waals surface area (Å²) < 4.78 is 26.3. The number of hydrogen-bond donors (Lipinski definition) is 2. The molecule has 0 aliphatic carbocycles. The number of hydrogen-bond acceptors (Lipinski definition) is 3. The molecule has 4 nitrogen and oxygen atoms in total. The van der Waals surface area contributed by atoms with Gasteiger partial charge >= 0.3 is 0 Å². The van der Waals surface area contributed by atoms with Crippen molar-refractivity contribution in [2.75, 3.05) is 18.5 Å². The summed E-state index contributed by atoms with van der Waals surface area (Å²) in [5, 5.41) is 3.07. The van der Waals surface area contributed by atoms with Crippen LogP contribution in [0, 0.1) is 11.6 Å². The van der Waals surface area contributed by atoms with Crippen LogP contribution in [0.5, 0.6) is 0 Å². The first-order valence-corrected chi connectivity index (χ1v) is 6.33. The first kappa shape index (κ1) is 14.9. The van der Waals surface area contributed by atoms with E-state index in [1.165, 1.54) is 12.1 Å². The third-order valence-electron chi connectivity index (χ3n) is 2.67. The molecule has 1 amide bonds. The molecule has 2 aromatic carbocycles. The molecule has 0 saturated carbocycles. The molecule has 6 heteroatoms. The zero-order valence-electron chi connectivity index (χ0n) is 11.1. The van der Waals surface area contributed by atoms with Crippen LogP contribution in [0.15, 0.2) is 48.5 Å². The number of nitrogens with one attached hydrogen (secondary N) is 2. The van der Waals surface area contributed by atoms with Gasteiger partial charge in [-0.25, -0.2) is 14.3 Å². The van der Waals surface area contributed by atoms with Gasteiger partial charge < -0.3 is 5.32 Å². The Bertz CT molecular complexity index is 606. The molecule has 110 valence electrons. The van der Waals surface area contributed by atoms with Crippen LogP contribution in [0.25, 0.3) is 0 Å². The number of para-hydroxylation sites is 1. The van der Waals surface area contributed by atoms with E-state index in [4.69, 9.17) is 4.84 Å². The number of benzene rings is 2.